The van der Waals surface area contributed by atoms with Crippen molar-refractivity contribution >= 4 is 11.8 Å². The lowest BCUT2D eigenvalue weighted by Gasteiger charge is -2.07. The van der Waals surface area contributed by atoms with Crippen LogP contribution in [-0.4, -0.2) is 17.0 Å². The maximum atomic E-state index is 9.27. The Morgan fingerprint density at radius 2 is 1.90 bits per heavy atom. The molecule has 102 valence electrons. The summed E-state index contributed by atoms with van der Waals surface area (Å²) in [6.07, 6.45) is 0. The van der Waals surface area contributed by atoms with Gasteiger partial charge in [-0.2, -0.15) is 5.26 Å². The average molecular weight is 284 g/mol. The van der Waals surface area contributed by atoms with E-state index in [2.05, 4.69) is 21.4 Å². The van der Waals surface area contributed by atoms with E-state index >= 15 is 0 Å². The number of hydrogen-bond donors (Lipinski definition) is 1. The number of nitrogens with one attached hydrogen (secondary N) is 1. The van der Waals surface area contributed by atoms with E-state index < -0.39 is 0 Å². The highest BCUT2D eigenvalue weighted by Crippen LogP contribution is 2.28. The molecule has 0 amide bonds. The normalized spacial score (nSPS) is 10.3. The number of nitrogens with zero attached hydrogens (tertiary/aromatic N) is 3. The zero-order valence-corrected chi connectivity index (χ0v) is 12.6. The minimum atomic E-state index is 0.658. The molecule has 0 aliphatic carbocycles. The summed E-state index contributed by atoms with van der Waals surface area (Å²) in [7, 11) is 1.89. The highest BCUT2D eigenvalue weighted by Gasteiger charge is 2.08. The van der Waals surface area contributed by atoms with Gasteiger partial charge in [-0.3, -0.25) is 0 Å². The second kappa shape index (κ2) is 6.51. The van der Waals surface area contributed by atoms with E-state index in [4.69, 9.17) is 0 Å². The predicted molar refractivity (Wildman–Crippen MR) is 79.5 cm³/mol. The van der Waals surface area contributed by atoms with Crippen molar-refractivity contribution in [3.05, 3.63) is 46.8 Å². The molecule has 0 aliphatic rings. The van der Waals surface area contributed by atoms with Gasteiger partial charge in [0.25, 0.3) is 0 Å². The number of benzene rings is 1. The fraction of sp³-hybridized carbons (Fsp3) is 0.267. The SMILES string of the molecule is CNCc1ccc(Sc2nc(C)cc(C)n2)c(C#N)c1. The molecular formula is C15H16N4S. The summed E-state index contributed by atoms with van der Waals surface area (Å²) in [5.74, 6) is 0. The van der Waals surface area contributed by atoms with E-state index in [0.29, 0.717) is 10.7 Å². The molecule has 0 atom stereocenters. The standard InChI is InChI=1S/C15H16N4S/c1-10-6-11(2)19-15(18-10)20-14-5-4-12(9-17-3)7-13(14)8-16/h4-7,17H,9H2,1-3H3. The molecule has 1 N–H and O–H groups in total. The van der Waals surface area contributed by atoms with Crippen LogP contribution in [0.4, 0.5) is 0 Å². The van der Waals surface area contributed by atoms with E-state index in [1.165, 1.54) is 11.8 Å². The maximum absolute atomic E-state index is 9.27. The first-order valence-corrected chi connectivity index (χ1v) is 7.12. The van der Waals surface area contributed by atoms with Gasteiger partial charge in [0.2, 0.25) is 0 Å². The summed E-state index contributed by atoms with van der Waals surface area (Å²) >= 11 is 1.43. The van der Waals surface area contributed by atoms with Crippen molar-refractivity contribution < 1.29 is 0 Å². The van der Waals surface area contributed by atoms with Gasteiger partial charge in [-0.1, -0.05) is 6.07 Å². The van der Waals surface area contributed by atoms with Gasteiger partial charge in [0, 0.05) is 22.8 Å². The second-order valence-electron chi connectivity index (χ2n) is 4.51. The van der Waals surface area contributed by atoms with Gasteiger partial charge in [-0.25, -0.2) is 9.97 Å². The number of aryl methyl sites for hydroxylation is 2. The lowest BCUT2D eigenvalue weighted by Crippen LogP contribution is -2.05. The third-order valence-corrected chi connectivity index (χ3v) is 3.65. The summed E-state index contributed by atoms with van der Waals surface area (Å²) in [4.78, 5) is 9.67. The molecule has 1 heterocycles. The Morgan fingerprint density at radius 1 is 1.20 bits per heavy atom. The summed E-state index contributed by atoms with van der Waals surface area (Å²) in [6, 6.07) is 10.1. The Bertz CT molecular complexity index is 641. The van der Waals surface area contributed by atoms with Crippen molar-refractivity contribution in [2.24, 2.45) is 0 Å². The first-order valence-electron chi connectivity index (χ1n) is 6.30. The Labute approximate surface area is 123 Å². The number of aromatic nitrogens is 2. The zero-order valence-electron chi connectivity index (χ0n) is 11.8. The molecule has 0 unspecified atom stereocenters. The van der Waals surface area contributed by atoms with Gasteiger partial charge in [0.1, 0.15) is 6.07 Å². The van der Waals surface area contributed by atoms with Gasteiger partial charge in [-0.05, 0) is 56.4 Å². The zero-order chi connectivity index (χ0) is 14.5. The average Bonchev–Trinajstić information content (AvgIpc) is 2.39. The predicted octanol–water partition coefficient (Wildman–Crippen LogP) is 2.84. The molecule has 1 aromatic carbocycles. The van der Waals surface area contributed by atoms with E-state index in [9.17, 15) is 5.26 Å². The van der Waals surface area contributed by atoms with Gasteiger partial charge in [-0.15, -0.1) is 0 Å². The van der Waals surface area contributed by atoms with E-state index in [0.717, 1.165) is 28.4 Å². The minimum Gasteiger partial charge on any atom is -0.316 e. The van der Waals surface area contributed by atoms with Crippen LogP contribution in [0.1, 0.15) is 22.5 Å². The molecule has 0 aliphatic heterocycles. The molecule has 0 bridgehead atoms. The number of hydrogen-bond acceptors (Lipinski definition) is 5. The molecule has 20 heavy (non-hydrogen) atoms. The monoisotopic (exact) mass is 284 g/mol. The van der Waals surface area contributed by atoms with Crippen molar-refractivity contribution in [2.45, 2.75) is 30.4 Å². The molecule has 5 heteroatoms. The fourth-order valence-electron chi connectivity index (χ4n) is 1.91. The van der Waals surface area contributed by atoms with Crippen molar-refractivity contribution in [2.75, 3.05) is 7.05 Å². The molecule has 1 aromatic heterocycles. The Morgan fingerprint density at radius 3 is 2.50 bits per heavy atom. The van der Waals surface area contributed by atoms with Crippen molar-refractivity contribution in [1.29, 1.82) is 5.26 Å². The van der Waals surface area contributed by atoms with E-state index in [1.807, 2.05) is 45.2 Å². The molecule has 0 saturated carbocycles. The molecule has 2 rings (SSSR count). The van der Waals surface area contributed by atoms with Crippen LogP contribution in [0.25, 0.3) is 0 Å². The minimum absolute atomic E-state index is 0.658. The molecule has 2 aromatic rings. The summed E-state index contributed by atoms with van der Waals surface area (Å²) in [5, 5.41) is 13.0. The summed E-state index contributed by atoms with van der Waals surface area (Å²) in [5.41, 5.74) is 3.62. The fourth-order valence-corrected chi connectivity index (χ4v) is 2.83. The van der Waals surface area contributed by atoms with Crippen LogP contribution in [0.15, 0.2) is 34.3 Å². The Hall–Kier alpha value is -1.90. The molecule has 0 fully saturated rings. The Balaban J connectivity index is 2.31. The van der Waals surface area contributed by atoms with Crippen molar-refractivity contribution in [3.8, 4) is 6.07 Å². The van der Waals surface area contributed by atoms with E-state index in [-0.39, 0.29) is 0 Å². The van der Waals surface area contributed by atoms with Crippen molar-refractivity contribution in [1.82, 2.24) is 15.3 Å². The molecule has 4 nitrogen and oxygen atoms in total. The number of rotatable bonds is 4. The van der Waals surface area contributed by atoms with Crippen LogP contribution in [-0.2, 0) is 6.54 Å². The smallest absolute Gasteiger partial charge is 0.192 e. The van der Waals surface area contributed by atoms with Crippen LogP contribution in [0.5, 0.6) is 0 Å². The lowest BCUT2D eigenvalue weighted by atomic mass is 10.1. The largest absolute Gasteiger partial charge is 0.316 e. The maximum Gasteiger partial charge on any atom is 0.192 e. The first-order chi connectivity index (χ1) is 9.62. The molecule has 0 saturated heterocycles. The van der Waals surface area contributed by atoms with Crippen LogP contribution < -0.4 is 5.32 Å². The van der Waals surface area contributed by atoms with Gasteiger partial charge >= 0.3 is 0 Å². The summed E-state index contributed by atoms with van der Waals surface area (Å²) < 4.78 is 0. The third kappa shape index (κ3) is 3.56. The Kier molecular flexibility index (Phi) is 4.72. The van der Waals surface area contributed by atoms with Crippen molar-refractivity contribution in [3.63, 3.8) is 0 Å². The van der Waals surface area contributed by atoms with Crippen LogP contribution in [0.3, 0.4) is 0 Å². The van der Waals surface area contributed by atoms with Crippen LogP contribution in [0.2, 0.25) is 0 Å². The molecule has 0 radical (unpaired) electrons. The molecular weight excluding hydrogens is 268 g/mol. The van der Waals surface area contributed by atoms with Crippen LogP contribution >= 0.6 is 11.8 Å². The lowest BCUT2D eigenvalue weighted by molar-refractivity contribution is 0.816. The highest BCUT2D eigenvalue weighted by molar-refractivity contribution is 7.99. The first kappa shape index (κ1) is 14.5. The van der Waals surface area contributed by atoms with Gasteiger partial charge in [0.15, 0.2) is 5.16 Å². The van der Waals surface area contributed by atoms with Gasteiger partial charge in [0.05, 0.1) is 5.56 Å². The second-order valence-corrected chi connectivity index (χ2v) is 5.52. The molecule has 0 spiro atoms. The van der Waals surface area contributed by atoms with E-state index in [1.54, 1.807) is 0 Å². The van der Waals surface area contributed by atoms with Crippen LogP contribution in [0, 0.1) is 25.2 Å². The highest BCUT2D eigenvalue weighted by atomic mass is 32.2. The quantitative estimate of drug-likeness (QED) is 0.875. The number of nitriles is 1. The topological polar surface area (TPSA) is 61.6 Å². The third-order valence-electron chi connectivity index (χ3n) is 2.71. The summed E-state index contributed by atoms with van der Waals surface area (Å²) in [6.45, 7) is 4.64. The van der Waals surface area contributed by atoms with Gasteiger partial charge < -0.3 is 5.32 Å².